The first-order valence-corrected chi connectivity index (χ1v) is 6.86. The van der Waals surface area contributed by atoms with Crippen LogP contribution in [0.2, 0.25) is 0 Å². The van der Waals surface area contributed by atoms with Crippen LogP contribution in [0.3, 0.4) is 0 Å². The highest BCUT2D eigenvalue weighted by Crippen LogP contribution is 2.33. The van der Waals surface area contributed by atoms with Gasteiger partial charge >= 0.3 is 0 Å². The number of rotatable bonds is 5. The van der Waals surface area contributed by atoms with E-state index in [4.69, 9.17) is 14.2 Å². The fraction of sp³-hybridized carbons (Fsp3) is 0.500. The zero-order valence-electron chi connectivity index (χ0n) is 11.4. The van der Waals surface area contributed by atoms with E-state index in [9.17, 15) is 8.78 Å². The molecule has 2 heterocycles. The van der Waals surface area contributed by atoms with Crippen LogP contribution in [0.4, 0.5) is 8.78 Å². The number of aromatic nitrogens is 2. The molecule has 0 saturated carbocycles. The third kappa shape index (κ3) is 3.41. The normalized spacial score (nSPS) is 14.6. The number of hydrogen-bond donors (Lipinski definition) is 1. The SMILES string of the molecule is FC(F)COCCc1nc2cc3c(cc2[nH]1)OCCCO3. The standard InChI is InChI=1S/C14H16F2N2O3/c15-13(16)8-19-5-2-14-17-9-6-11-12(7-10(9)18-14)21-4-1-3-20-11/h6-7,13H,1-5,8H2,(H,17,18). The summed E-state index contributed by atoms with van der Waals surface area (Å²) in [4.78, 5) is 7.55. The molecule has 3 rings (SSSR count). The van der Waals surface area contributed by atoms with Gasteiger partial charge in [0.2, 0.25) is 0 Å². The van der Waals surface area contributed by atoms with Crippen LogP contribution in [0.5, 0.6) is 11.5 Å². The van der Waals surface area contributed by atoms with Crippen LogP contribution in [0, 0.1) is 0 Å². The van der Waals surface area contributed by atoms with Crippen molar-refractivity contribution in [3.63, 3.8) is 0 Å². The molecule has 0 fully saturated rings. The van der Waals surface area contributed by atoms with E-state index in [-0.39, 0.29) is 6.61 Å². The summed E-state index contributed by atoms with van der Waals surface area (Å²) in [7, 11) is 0. The molecule has 114 valence electrons. The Morgan fingerprint density at radius 1 is 1.24 bits per heavy atom. The highest BCUT2D eigenvalue weighted by molar-refractivity contribution is 5.79. The highest BCUT2D eigenvalue weighted by atomic mass is 19.3. The zero-order chi connectivity index (χ0) is 14.7. The Morgan fingerprint density at radius 2 is 2.00 bits per heavy atom. The van der Waals surface area contributed by atoms with Gasteiger partial charge in [-0.2, -0.15) is 0 Å². The number of hydrogen-bond acceptors (Lipinski definition) is 4. The second-order valence-electron chi connectivity index (χ2n) is 4.77. The van der Waals surface area contributed by atoms with Crippen LogP contribution < -0.4 is 9.47 Å². The largest absolute Gasteiger partial charge is 0.489 e. The molecule has 0 saturated heterocycles. The summed E-state index contributed by atoms with van der Waals surface area (Å²) in [5, 5.41) is 0. The molecule has 7 heteroatoms. The van der Waals surface area contributed by atoms with Crippen molar-refractivity contribution in [2.45, 2.75) is 19.3 Å². The van der Waals surface area contributed by atoms with Crippen LogP contribution >= 0.6 is 0 Å². The van der Waals surface area contributed by atoms with Gasteiger partial charge in [0, 0.05) is 25.0 Å². The van der Waals surface area contributed by atoms with E-state index in [2.05, 4.69) is 9.97 Å². The topological polar surface area (TPSA) is 56.4 Å². The Hall–Kier alpha value is -1.89. The molecule has 1 aliphatic heterocycles. The van der Waals surface area contributed by atoms with Gasteiger partial charge in [0.25, 0.3) is 6.43 Å². The van der Waals surface area contributed by atoms with Gasteiger partial charge in [-0.15, -0.1) is 0 Å². The minimum atomic E-state index is -2.44. The molecule has 2 aromatic rings. The number of nitrogens with zero attached hydrogens (tertiary/aromatic N) is 1. The van der Waals surface area contributed by atoms with E-state index >= 15 is 0 Å². The summed E-state index contributed by atoms with van der Waals surface area (Å²) < 4.78 is 40.0. The summed E-state index contributed by atoms with van der Waals surface area (Å²) in [6, 6.07) is 3.68. The van der Waals surface area contributed by atoms with E-state index in [1.54, 1.807) is 0 Å². The monoisotopic (exact) mass is 298 g/mol. The number of imidazole rings is 1. The summed E-state index contributed by atoms with van der Waals surface area (Å²) in [5.41, 5.74) is 1.60. The molecule has 0 amide bonds. The summed E-state index contributed by atoms with van der Waals surface area (Å²) in [6.07, 6.45) is -1.14. The Kier molecular flexibility index (Phi) is 4.19. The quantitative estimate of drug-likeness (QED) is 0.862. The average molecular weight is 298 g/mol. The number of alkyl halides is 2. The summed E-state index contributed by atoms with van der Waals surface area (Å²) in [5.74, 6) is 2.08. The van der Waals surface area contributed by atoms with E-state index in [1.807, 2.05) is 12.1 Å². The zero-order valence-corrected chi connectivity index (χ0v) is 11.4. The van der Waals surface area contributed by atoms with Crippen molar-refractivity contribution >= 4 is 11.0 Å². The first-order chi connectivity index (χ1) is 10.2. The number of benzene rings is 1. The Bertz CT molecular complexity index is 573. The highest BCUT2D eigenvalue weighted by Gasteiger charge is 2.14. The summed E-state index contributed by atoms with van der Waals surface area (Å²) in [6.45, 7) is 0.908. The molecule has 0 atom stereocenters. The molecule has 0 unspecified atom stereocenters. The minimum absolute atomic E-state index is 0.205. The molecule has 1 aromatic heterocycles. The van der Waals surface area contributed by atoms with Gasteiger partial charge in [0.05, 0.1) is 30.9 Å². The molecule has 0 bridgehead atoms. The number of halogens is 2. The average Bonchev–Trinajstić information content (AvgIpc) is 2.69. The van der Waals surface area contributed by atoms with E-state index in [0.29, 0.717) is 37.0 Å². The van der Waals surface area contributed by atoms with Crippen molar-refractivity contribution in [2.24, 2.45) is 0 Å². The third-order valence-corrected chi connectivity index (χ3v) is 3.13. The minimum Gasteiger partial charge on any atom is -0.489 e. The molecule has 1 aliphatic rings. The van der Waals surface area contributed by atoms with Crippen molar-refractivity contribution in [3.05, 3.63) is 18.0 Å². The number of H-pyrrole nitrogens is 1. The fourth-order valence-corrected chi connectivity index (χ4v) is 2.18. The van der Waals surface area contributed by atoms with Crippen molar-refractivity contribution in [2.75, 3.05) is 26.4 Å². The van der Waals surface area contributed by atoms with Crippen molar-refractivity contribution in [3.8, 4) is 11.5 Å². The molecular formula is C14H16F2N2O3. The second-order valence-corrected chi connectivity index (χ2v) is 4.77. The van der Waals surface area contributed by atoms with Gasteiger partial charge in [0.15, 0.2) is 11.5 Å². The number of nitrogens with one attached hydrogen (secondary N) is 1. The van der Waals surface area contributed by atoms with Gasteiger partial charge in [0.1, 0.15) is 12.4 Å². The first kappa shape index (κ1) is 14.1. The third-order valence-electron chi connectivity index (χ3n) is 3.13. The van der Waals surface area contributed by atoms with Gasteiger partial charge in [-0.25, -0.2) is 13.8 Å². The molecule has 0 spiro atoms. The molecule has 5 nitrogen and oxygen atoms in total. The van der Waals surface area contributed by atoms with Crippen LogP contribution in [0.1, 0.15) is 12.2 Å². The Balaban J connectivity index is 1.71. The van der Waals surface area contributed by atoms with Gasteiger partial charge in [-0.05, 0) is 0 Å². The lowest BCUT2D eigenvalue weighted by molar-refractivity contribution is 0.0183. The van der Waals surface area contributed by atoms with E-state index in [0.717, 1.165) is 17.5 Å². The first-order valence-electron chi connectivity index (χ1n) is 6.86. The molecule has 0 radical (unpaired) electrons. The maximum Gasteiger partial charge on any atom is 0.261 e. The lowest BCUT2D eigenvalue weighted by atomic mass is 10.3. The summed E-state index contributed by atoms with van der Waals surface area (Å²) >= 11 is 0. The van der Waals surface area contributed by atoms with Gasteiger partial charge in [-0.1, -0.05) is 0 Å². The van der Waals surface area contributed by atoms with Crippen LogP contribution in [0.25, 0.3) is 11.0 Å². The lowest BCUT2D eigenvalue weighted by Crippen LogP contribution is -2.07. The Labute approximate surface area is 120 Å². The van der Waals surface area contributed by atoms with Crippen molar-refractivity contribution in [1.82, 2.24) is 9.97 Å². The van der Waals surface area contributed by atoms with Crippen LogP contribution in [-0.4, -0.2) is 42.8 Å². The van der Waals surface area contributed by atoms with E-state index < -0.39 is 13.0 Å². The maximum absolute atomic E-state index is 12.0. The van der Waals surface area contributed by atoms with Crippen LogP contribution in [0.15, 0.2) is 12.1 Å². The van der Waals surface area contributed by atoms with E-state index in [1.165, 1.54) is 0 Å². The van der Waals surface area contributed by atoms with Gasteiger partial charge in [-0.3, -0.25) is 0 Å². The predicted octanol–water partition coefficient (Wildman–Crippen LogP) is 2.55. The van der Waals surface area contributed by atoms with Crippen molar-refractivity contribution in [1.29, 1.82) is 0 Å². The maximum atomic E-state index is 12.0. The Morgan fingerprint density at radius 3 is 2.76 bits per heavy atom. The lowest BCUT2D eigenvalue weighted by Gasteiger charge is -2.05. The molecule has 1 N–H and O–H groups in total. The number of ether oxygens (including phenoxy) is 3. The molecule has 21 heavy (non-hydrogen) atoms. The second kappa shape index (κ2) is 6.26. The number of aromatic amines is 1. The van der Waals surface area contributed by atoms with Gasteiger partial charge < -0.3 is 19.2 Å². The molecular weight excluding hydrogens is 282 g/mol. The molecule has 1 aromatic carbocycles. The fourth-order valence-electron chi connectivity index (χ4n) is 2.18. The molecule has 0 aliphatic carbocycles. The predicted molar refractivity (Wildman–Crippen MR) is 72.2 cm³/mol. The number of fused-ring (bicyclic) bond motifs is 2. The van der Waals surface area contributed by atoms with Crippen LogP contribution in [-0.2, 0) is 11.2 Å². The smallest absolute Gasteiger partial charge is 0.261 e. The van der Waals surface area contributed by atoms with Crippen molar-refractivity contribution < 1.29 is 23.0 Å².